The van der Waals surface area contributed by atoms with Gasteiger partial charge in [0.25, 0.3) is 10.4 Å². The third-order valence-corrected chi connectivity index (χ3v) is 4.40. The molecule has 0 radical (unpaired) electrons. The maximum absolute atomic E-state index is 11.6. The molecule has 1 fully saturated rings. The van der Waals surface area contributed by atoms with E-state index in [1.165, 1.54) is 4.90 Å². The number of rotatable bonds is 4. The van der Waals surface area contributed by atoms with Crippen molar-refractivity contribution in [2.45, 2.75) is 43.9 Å². The average molecular weight is 333 g/mol. The van der Waals surface area contributed by atoms with Gasteiger partial charge in [-0.05, 0) is 20.8 Å². The maximum atomic E-state index is 11.6. The summed E-state index contributed by atoms with van der Waals surface area (Å²) in [5, 5.41) is 0.691. The van der Waals surface area contributed by atoms with E-state index in [0.29, 0.717) is 17.0 Å². The summed E-state index contributed by atoms with van der Waals surface area (Å²) in [5.41, 5.74) is 0. The molecule has 1 aromatic rings. The summed E-state index contributed by atoms with van der Waals surface area (Å²) in [5.74, 6) is -0.581. The van der Waals surface area contributed by atoms with Gasteiger partial charge in [-0.25, -0.2) is 0 Å². The summed E-state index contributed by atoms with van der Waals surface area (Å²) in [7, 11) is 3.36. The van der Waals surface area contributed by atoms with Crippen LogP contribution in [0.5, 0.6) is 5.19 Å². The molecule has 2 rings (SSSR count). The molecule has 7 nitrogen and oxygen atoms in total. The first-order valence-corrected chi connectivity index (χ1v) is 8.07. The highest BCUT2D eigenvalue weighted by atomic mass is 32.2. The Balaban J connectivity index is 1.89. The summed E-state index contributed by atoms with van der Waals surface area (Å²) in [6, 6.07) is 0. The van der Waals surface area contributed by atoms with Crippen molar-refractivity contribution in [3.05, 3.63) is 0 Å². The highest BCUT2D eigenvalue weighted by Gasteiger charge is 2.37. The van der Waals surface area contributed by atoms with Gasteiger partial charge in [0.15, 0.2) is 5.79 Å². The van der Waals surface area contributed by atoms with Gasteiger partial charge in [0.1, 0.15) is 12.2 Å². The molecule has 9 heteroatoms. The molecule has 1 aliphatic heterocycles. The highest BCUT2D eigenvalue weighted by Crippen LogP contribution is 2.28. The summed E-state index contributed by atoms with van der Waals surface area (Å²) < 4.78 is 21.0. The predicted octanol–water partition coefficient (Wildman–Crippen LogP) is 2.23. The number of hydrogen-bond donors (Lipinski definition) is 0. The first-order chi connectivity index (χ1) is 9.77. The number of aromatic nitrogens is 2. The fourth-order valence-electron chi connectivity index (χ4n) is 1.64. The molecule has 0 N–H and O–H groups in total. The lowest BCUT2D eigenvalue weighted by Gasteiger charge is -2.20. The van der Waals surface area contributed by atoms with Gasteiger partial charge in [-0.1, -0.05) is 0 Å². The van der Waals surface area contributed by atoms with Crippen LogP contribution in [0.1, 0.15) is 20.8 Å². The molecule has 2 heterocycles. The molecular formula is C12H19N3O4S2. The molecular weight excluding hydrogens is 314 g/mol. The molecule has 2 unspecified atom stereocenters. The van der Waals surface area contributed by atoms with E-state index in [4.69, 9.17) is 14.2 Å². The number of carbonyl (C=O) groups is 1. The zero-order chi connectivity index (χ0) is 15.6. The fraction of sp³-hybridized carbons (Fsp3) is 0.750. The van der Waals surface area contributed by atoms with Crippen LogP contribution in [0.4, 0.5) is 4.79 Å². The molecule has 0 aliphatic carbocycles. The molecule has 1 saturated heterocycles. The van der Waals surface area contributed by atoms with Gasteiger partial charge in [0, 0.05) is 37.4 Å². The Labute approximate surface area is 132 Å². The zero-order valence-electron chi connectivity index (χ0n) is 12.7. The van der Waals surface area contributed by atoms with Crippen molar-refractivity contribution in [2.75, 3.05) is 20.7 Å². The van der Waals surface area contributed by atoms with E-state index in [1.54, 1.807) is 14.1 Å². The lowest BCUT2D eigenvalue weighted by atomic mass is 10.2. The van der Waals surface area contributed by atoms with E-state index < -0.39 is 5.79 Å². The van der Waals surface area contributed by atoms with Crippen LogP contribution >= 0.6 is 23.3 Å². The molecule has 118 valence electrons. The van der Waals surface area contributed by atoms with Gasteiger partial charge in [-0.2, -0.15) is 9.36 Å². The van der Waals surface area contributed by atoms with Crippen molar-refractivity contribution in [2.24, 2.45) is 0 Å². The van der Waals surface area contributed by atoms with Crippen molar-refractivity contribution < 1.29 is 19.0 Å². The van der Waals surface area contributed by atoms with Crippen LogP contribution in [-0.4, -0.2) is 58.2 Å². The minimum absolute atomic E-state index is 0.123. The van der Waals surface area contributed by atoms with Gasteiger partial charge >= 0.3 is 0 Å². The van der Waals surface area contributed by atoms with Crippen LogP contribution in [0.25, 0.3) is 0 Å². The molecule has 1 amide bonds. The number of carbonyl (C=O) groups excluding carboxylic acids is 1. The Hall–Kier alpha value is -0.900. The molecule has 0 saturated carbocycles. The zero-order valence-corrected chi connectivity index (χ0v) is 14.3. The Morgan fingerprint density at radius 2 is 2.29 bits per heavy atom. The van der Waals surface area contributed by atoms with Crippen molar-refractivity contribution in [3.8, 4) is 5.19 Å². The second-order valence-corrected chi connectivity index (χ2v) is 6.93. The van der Waals surface area contributed by atoms with Gasteiger partial charge in [-0.15, -0.1) is 0 Å². The van der Waals surface area contributed by atoms with E-state index in [2.05, 4.69) is 9.36 Å². The van der Waals surface area contributed by atoms with Crippen LogP contribution in [-0.2, 0) is 9.47 Å². The number of hydrogen-bond acceptors (Lipinski definition) is 8. The maximum Gasteiger partial charge on any atom is 0.294 e. The Bertz CT molecular complexity index is 506. The fourth-order valence-corrected chi connectivity index (χ4v) is 2.94. The molecule has 1 aromatic heterocycles. The first kappa shape index (κ1) is 16.5. The van der Waals surface area contributed by atoms with Crippen LogP contribution < -0.4 is 4.74 Å². The summed E-state index contributed by atoms with van der Waals surface area (Å²) in [4.78, 5) is 17.2. The quantitative estimate of drug-likeness (QED) is 0.782. The Morgan fingerprint density at radius 3 is 2.86 bits per heavy atom. The number of thioether (sulfide) groups is 1. The van der Waals surface area contributed by atoms with Crippen molar-refractivity contribution in [1.82, 2.24) is 14.3 Å². The van der Waals surface area contributed by atoms with Crippen molar-refractivity contribution >= 4 is 28.5 Å². The van der Waals surface area contributed by atoms with E-state index in [0.717, 1.165) is 23.3 Å². The SMILES string of the molecule is CC(Oc1nc(SC(=O)N(C)C)ns1)C1COC(C)(C)O1. The summed E-state index contributed by atoms with van der Waals surface area (Å²) in [6.45, 7) is 6.11. The van der Waals surface area contributed by atoms with Crippen LogP contribution in [0.15, 0.2) is 5.16 Å². The Kier molecular flexibility index (Phi) is 5.07. The number of ether oxygens (including phenoxy) is 3. The van der Waals surface area contributed by atoms with Crippen molar-refractivity contribution in [1.29, 1.82) is 0 Å². The third-order valence-electron chi connectivity index (χ3n) is 2.77. The Morgan fingerprint density at radius 1 is 1.57 bits per heavy atom. The van der Waals surface area contributed by atoms with E-state index in [9.17, 15) is 4.79 Å². The topological polar surface area (TPSA) is 73.8 Å². The minimum atomic E-state index is -0.581. The van der Waals surface area contributed by atoms with Gasteiger partial charge in [-0.3, -0.25) is 4.79 Å². The lowest BCUT2D eigenvalue weighted by Crippen LogP contribution is -2.32. The molecule has 2 atom stereocenters. The smallest absolute Gasteiger partial charge is 0.294 e. The molecule has 1 aliphatic rings. The van der Waals surface area contributed by atoms with E-state index >= 15 is 0 Å². The largest absolute Gasteiger partial charge is 0.463 e. The standard InChI is InChI=1S/C12H19N3O4S2/c1-7(8-6-17-12(2,3)19-8)18-10-13-9(14-21-10)20-11(16)15(4)5/h7-8H,6H2,1-5H3. The average Bonchev–Trinajstić information content (AvgIpc) is 2.95. The number of amides is 1. The van der Waals surface area contributed by atoms with E-state index in [-0.39, 0.29) is 17.4 Å². The predicted molar refractivity (Wildman–Crippen MR) is 79.8 cm³/mol. The minimum Gasteiger partial charge on any atom is -0.463 e. The molecule has 0 spiro atoms. The highest BCUT2D eigenvalue weighted by molar-refractivity contribution is 8.13. The van der Waals surface area contributed by atoms with Crippen LogP contribution in [0.3, 0.4) is 0 Å². The van der Waals surface area contributed by atoms with Gasteiger partial charge in [0.2, 0.25) is 5.16 Å². The van der Waals surface area contributed by atoms with Crippen LogP contribution in [0, 0.1) is 0 Å². The second-order valence-electron chi connectivity index (χ2n) is 5.30. The third kappa shape index (κ3) is 4.53. The first-order valence-electron chi connectivity index (χ1n) is 6.48. The van der Waals surface area contributed by atoms with Gasteiger partial charge < -0.3 is 19.1 Å². The molecule has 0 aromatic carbocycles. The normalized spacial score (nSPS) is 22.0. The van der Waals surface area contributed by atoms with Crippen molar-refractivity contribution in [3.63, 3.8) is 0 Å². The second kappa shape index (κ2) is 6.47. The lowest BCUT2D eigenvalue weighted by molar-refractivity contribution is -0.147. The monoisotopic (exact) mass is 333 g/mol. The summed E-state index contributed by atoms with van der Waals surface area (Å²) >= 11 is 2.09. The van der Waals surface area contributed by atoms with E-state index in [1.807, 2.05) is 20.8 Å². The molecule has 0 bridgehead atoms. The van der Waals surface area contributed by atoms with Crippen LogP contribution in [0.2, 0.25) is 0 Å². The van der Waals surface area contributed by atoms with Gasteiger partial charge in [0.05, 0.1) is 6.61 Å². The molecule has 21 heavy (non-hydrogen) atoms. The summed E-state index contributed by atoms with van der Waals surface area (Å²) in [6.07, 6.45) is -0.356. The number of nitrogens with zero attached hydrogens (tertiary/aromatic N) is 3.